The van der Waals surface area contributed by atoms with Gasteiger partial charge in [-0.15, -0.1) is 16.4 Å². The number of carbonyl (C=O) groups is 1. The first kappa shape index (κ1) is 21.7. The summed E-state index contributed by atoms with van der Waals surface area (Å²) in [5.74, 6) is -1.56. The lowest BCUT2D eigenvalue weighted by Crippen LogP contribution is -2.36. The van der Waals surface area contributed by atoms with Crippen LogP contribution < -0.4 is 0 Å². The summed E-state index contributed by atoms with van der Waals surface area (Å²) in [5.41, 5.74) is 2.46. The average Bonchev–Trinajstić information content (AvgIpc) is 3.14. The monoisotopic (exact) mass is 432 g/mol. The Morgan fingerprint density at radius 2 is 2.14 bits per heavy atom. The van der Waals surface area contributed by atoms with Crippen molar-refractivity contribution in [3.05, 3.63) is 33.8 Å². The van der Waals surface area contributed by atoms with E-state index in [4.69, 9.17) is 14.6 Å². The van der Waals surface area contributed by atoms with Gasteiger partial charge in [0.1, 0.15) is 5.69 Å². The van der Waals surface area contributed by atoms with E-state index in [0.29, 0.717) is 5.92 Å². The number of carboxylic acid groups (broad SMARTS) is 1. The maximum Gasteiger partial charge on any atom is 0.490 e. The van der Waals surface area contributed by atoms with Gasteiger partial charge in [-0.1, -0.05) is 11.3 Å². The number of hydrogen-bond acceptors (Lipinski definition) is 6. The van der Waals surface area contributed by atoms with Crippen LogP contribution >= 0.6 is 11.3 Å². The number of aromatic nitrogens is 3. The van der Waals surface area contributed by atoms with Crippen molar-refractivity contribution in [1.29, 1.82) is 0 Å². The fourth-order valence-corrected chi connectivity index (χ4v) is 4.09. The lowest BCUT2D eigenvalue weighted by molar-refractivity contribution is -0.192. The Bertz CT molecular complexity index is 806. The number of hydrogen-bond donors (Lipinski definition) is 1. The molecule has 29 heavy (non-hydrogen) atoms. The zero-order valence-corrected chi connectivity index (χ0v) is 16.7. The number of fused-ring (bicyclic) bond motifs is 1. The third-order valence-electron chi connectivity index (χ3n) is 4.78. The van der Waals surface area contributed by atoms with Gasteiger partial charge < -0.3 is 9.84 Å². The molecule has 7 nitrogen and oxygen atoms in total. The Labute approximate surface area is 170 Å². The Morgan fingerprint density at radius 1 is 1.41 bits per heavy atom. The van der Waals surface area contributed by atoms with E-state index in [0.717, 1.165) is 44.4 Å². The molecule has 0 radical (unpaired) electrons. The summed E-state index contributed by atoms with van der Waals surface area (Å²) in [5, 5.41) is 18.2. The summed E-state index contributed by atoms with van der Waals surface area (Å²) in [4.78, 5) is 12.8. The number of halogens is 3. The van der Waals surface area contributed by atoms with E-state index in [2.05, 4.69) is 37.4 Å². The van der Waals surface area contributed by atoms with Crippen molar-refractivity contribution >= 4 is 17.3 Å². The van der Waals surface area contributed by atoms with Crippen LogP contribution in [0.4, 0.5) is 13.2 Å². The van der Waals surface area contributed by atoms with Crippen molar-refractivity contribution in [1.82, 2.24) is 19.9 Å². The average molecular weight is 432 g/mol. The first-order valence-electron chi connectivity index (χ1n) is 9.24. The highest BCUT2D eigenvalue weighted by molar-refractivity contribution is 7.09. The number of methoxy groups -OCH3 is 1. The van der Waals surface area contributed by atoms with Crippen LogP contribution in [0.5, 0.6) is 0 Å². The minimum atomic E-state index is -5.08. The second kappa shape index (κ2) is 9.23. The summed E-state index contributed by atoms with van der Waals surface area (Å²) >= 11 is 1.82. The van der Waals surface area contributed by atoms with E-state index in [1.165, 1.54) is 23.4 Å². The zero-order valence-electron chi connectivity index (χ0n) is 15.9. The number of rotatable bonds is 6. The van der Waals surface area contributed by atoms with Crippen LogP contribution in [0.3, 0.4) is 0 Å². The molecule has 1 N–H and O–H groups in total. The van der Waals surface area contributed by atoms with E-state index in [1.54, 1.807) is 7.11 Å². The quantitative estimate of drug-likeness (QED) is 0.756. The predicted octanol–water partition coefficient (Wildman–Crippen LogP) is 3.13. The lowest BCUT2D eigenvalue weighted by atomic mass is 9.98. The van der Waals surface area contributed by atoms with Gasteiger partial charge in [-0.2, -0.15) is 13.2 Å². The topological polar surface area (TPSA) is 80.5 Å². The fourth-order valence-electron chi connectivity index (χ4n) is 3.35. The molecule has 4 rings (SSSR count). The van der Waals surface area contributed by atoms with Crippen molar-refractivity contribution < 1.29 is 27.8 Å². The van der Waals surface area contributed by atoms with E-state index >= 15 is 0 Å². The van der Waals surface area contributed by atoms with E-state index < -0.39 is 12.1 Å². The number of ether oxygens (including phenoxy) is 1. The van der Waals surface area contributed by atoms with Gasteiger partial charge in [-0.05, 0) is 30.2 Å². The van der Waals surface area contributed by atoms with Gasteiger partial charge in [0.05, 0.1) is 12.3 Å². The molecule has 2 aromatic rings. The number of alkyl halides is 3. The lowest BCUT2D eigenvalue weighted by Gasteiger charge is -2.31. The second-order valence-electron chi connectivity index (χ2n) is 7.25. The molecule has 0 spiro atoms. The molecule has 160 valence electrons. The second-order valence-corrected chi connectivity index (χ2v) is 8.28. The molecule has 0 amide bonds. The van der Waals surface area contributed by atoms with Gasteiger partial charge in [-0.25, -0.2) is 9.48 Å². The number of aliphatic carboxylic acids is 1. The molecular formula is C18H23F3N4O3S. The molecular weight excluding hydrogens is 409 g/mol. The normalized spacial score (nSPS) is 19.4. The minimum Gasteiger partial charge on any atom is -0.475 e. The van der Waals surface area contributed by atoms with Crippen molar-refractivity contribution in [2.45, 2.75) is 44.6 Å². The van der Waals surface area contributed by atoms with Crippen LogP contribution in [0.1, 0.15) is 35.0 Å². The highest BCUT2D eigenvalue weighted by atomic mass is 32.1. The van der Waals surface area contributed by atoms with Gasteiger partial charge in [0.15, 0.2) is 0 Å². The molecule has 1 atom stereocenters. The summed E-state index contributed by atoms with van der Waals surface area (Å²) in [7, 11) is 1.78. The van der Waals surface area contributed by atoms with E-state index in [1.807, 2.05) is 11.3 Å². The van der Waals surface area contributed by atoms with Gasteiger partial charge in [0, 0.05) is 44.1 Å². The molecule has 0 saturated heterocycles. The highest BCUT2D eigenvalue weighted by Crippen LogP contribution is 2.34. The Hall–Kier alpha value is -1.98. The summed E-state index contributed by atoms with van der Waals surface area (Å²) in [6.07, 6.45) is -2.40. The van der Waals surface area contributed by atoms with Crippen LogP contribution in [0, 0.1) is 5.92 Å². The molecule has 1 aliphatic carbocycles. The fraction of sp³-hybridized carbons (Fsp3) is 0.611. The molecule has 0 aromatic carbocycles. The third-order valence-corrected chi connectivity index (χ3v) is 5.64. The Balaban J connectivity index is 0.000000298. The molecule has 11 heteroatoms. The van der Waals surface area contributed by atoms with Gasteiger partial charge in [-0.3, -0.25) is 4.90 Å². The Kier molecular flexibility index (Phi) is 6.91. The molecule has 1 aliphatic heterocycles. The van der Waals surface area contributed by atoms with Crippen molar-refractivity contribution in [2.24, 2.45) is 5.92 Å². The first-order chi connectivity index (χ1) is 13.8. The molecule has 1 fully saturated rings. The highest BCUT2D eigenvalue weighted by Gasteiger charge is 2.38. The Morgan fingerprint density at radius 3 is 2.69 bits per heavy atom. The van der Waals surface area contributed by atoms with E-state index in [-0.39, 0.29) is 0 Å². The molecule has 0 bridgehead atoms. The minimum absolute atomic E-state index is 0.377. The predicted molar refractivity (Wildman–Crippen MR) is 99.5 cm³/mol. The van der Waals surface area contributed by atoms with Crippen LogP contribution in [0.15, 0.2) is 17.5 Å². The maximum atomic E-state index is 10.6. The smallest absolute Gasteiger partial charge is 0.475 e. The first-order valence-corrected chi connectivity index (χ1v) is 10.1. The van der Waals surface area contributed by atoms with E-state index in [9.17, 15) is 13.2 Å². The van der Waals surface area contributed by atoms with Crippen LogP contribution in [0.2, 0.25) is 0 Å². The van der Waals surface area contributed by atoms with Gasteiger partial charge in [0.2, 0.25) is 0 Å². The summed E-state index contributed by atoms with van der Waals surface area (Å²) in [6.45, 7) is 4.70. The van der Waals surface area contributed by atoms with Crippen molar-refractivity contribution in [2.75, 3.05) is 20.3 Å². The number of carboxylic acids is 1. The van der Waals surface area contributed by atoms with Crippen molar-refractivity contribution in [3.63, 3.8) is 0 Å². The third kappa shape index (κ3) is 6.00. The molecule has 1 saturated carbocycles. The molecule has 2 aromatic heterocycles. The van der Waals surface area contributed by atoms with Gasteiger partial charge >= 0.3 is 12.1 Å². The van der Waals surface area contributed by atoms with Gasteiger partial charge in [0.25, 0.3) is 0 Å². The molecule has 1 unspecified atom stereocenters. The molecule has 3 heterocycles. The van der Waals surface area contributed by atoms with Crippen molar-refractivity contribution in [3.8, 4) is 0 Å². The van der Waals surface area contributed by atoms with Crippen LogP contribution in [-0.4, -0.2) is 57.4 Å². The largest absolute Gasteiger partial charge is 0.490 e. The molecule has 2 aliphatic rings. The SMILES string of the molecule is COCC1CN(Cc2cccs2)Cc2nnn(CC3CC3)c21.O=C(O)C(F)(F)F. The maximum absolute atomic E-state index is 10.6. The summed E-state index contributed by atoms with van der Waals surface area (Å²) < 4.78 is 39.4. The van der Waals surface area contributed by atoms with Crippen LogP contribution in [0.25, 0.3) is 0 Å². The number of thiophene rings is 1. The van der Waals surface area contributed by atoms with Crippen LogP contribution in [-0.2, 0) is 29.2 Å². The zero-order chi connectivity index (χ0) is 21.0. The standard InChI is InChI=1S/C16H22N4OS.C2HF3O2/c1-21-11-13-8-19(9-14-3-2-6-22-14)10-15-16(13)20(18-17-15)7-12-4-5-12;3-2(4,5)1(6)7/h2-3,6,12-13H,4-5,7-11H2,1H3;(H,6,7). The summed E-state index contributed by atoms with van der Waals surface area (Å²) in [6, 6.07) is 4.32. The number of nitrogens with zero attached hydrogens (tertiary/aromatic N) is 4.